The molecule has 0 saturated carbocycles. The maximum atomic E-state index is 14.3. The highest BCUT2D eigenvalue weighted by molar-refractivity contribution is 6.18. The first kappa shape index (κ1) is 35.3. The van der Waals surface area contributed by atoms with Gasteiger partial charge in [-0.25, -0.2) is 9.38 Å². The highest BCUT2D eigenvalue weighted by atomic mass is 19.4. The zero-order chi connectivity index (χ0) is 35.2. The summed E-state index contributed by atoms with van der Waals surface area (Å²) in [6.45, 7) is 1.16. The van der Waals surface area contributed by atoms with Gasteiger partial charge in [-0.3, -0.25) is 19.3 Å². The molecule has 0 aliphatic carbocycles. The van der Waals surface area contributed by atoms with Crippen LogP contribution in [0.5, 0.6) is 0 Å². The number of nitrogens with zero attached hydrogens (tertiary/aromatic N) is 4. The van der Waals surface area contributed by atoms with Crippen molar-refractivity contribution in [2.75, 3.05) is 20.2 Å². The largest absolute Gasteiger partial charge is 0.416 e. The molecule has 14 heteroatoms. The average Bonchev–Trinajstić information content (AvgIpc) is 3.08. The van der Waals surface area contributed by atoms with Crippen molar-refractivity contribution in [2.45, 2.75) is 37.5 Å². The lowest BCUT2D eigenvalue weighted by molar-refractivity contribution is -0.137. The molecule has 48 heavy (non-hydrogen) atoms. The van der Waals surface area contributed by atoms with Crippen LogP contribution in [0.4, 0.5) is 23.2 Å². The van der Waals surface area contributed by atoms with E-state index in [1.807, 2.05) is 6.07 Å². The summed E-state index contributed by atoms with van der Waals surface area (Å²) in [6.07, 6.45) is -4.84. The van der Waals surface area contributed by atoms with Gasteiger partial charge >= 0.3 is 6.18 Å². The number of piperidine rings is 1. The predicted octanol–water partition coefficient (Wildman–Crippen LogP) is 4.26. The maximum absolute atomic E-state index is 14.3. The van der Waals surface area contributed by atoms with Gasteiger partial charge in [0.15, 0.2) is 0 Å². The van der Waals surface area contributed by atoms with Crippen molar-refractivity contribution in [3.8, 4) is 6.07 Å². The van der Waals surface area contributed by atoms with Gasteiger partial charge in [-0.15, -0.1) is 0 Å². The van der Waals surface area contributed by atoms with Crippen molar-refractivity contribution in [1.29, 1.82) is 5.26 Å². The molecule has 3 amide bonds. The number of nitriles is 1. The Hall–Kier alpha value is -5.55. The smallest absolute Gasteiger partial charge is 0.396 e. The Morgan fingerprint density at radius 3 is 2.35 bits per heavy atom. The molecule has 4 rings (SSSR count). The van der Waals surface area contributed by atoms with Gasteiger partial charge in [-0.05, 0) is 55.0 Å². The van der Waals surface area contributed by atoms with Crippen molar-refractivity contribution in [2.24, 2.45) is 10.7 Å². The minimum absolute atomic E-state index is 0.0390. The number of carbonyl (C=O) groups excluding carboxylic acids is 3. The third-order valence-corrected chi connectivity index (χ3v) is 7.81. The number of aliphatic hydroxyl groups is 1. The minimum Gasteiger partial charge on any atom is -0.396 e. The Kier molecular flexibility index (Phi) is 11.0. The van der Waals surface area contributed by atoms with E-state index < -0.39 is 71.1 Å². The Morgan fingerprint density at radius 2 is 1.77 bits per heavy atom. The molecule has 1 heterocycles. The summed E-state index contributed by atoms with van der Waals surface area (Å²) in [5.74, 6) is -4.63. The maximum Gasteiger partial charge on any atom is 0.416 e. The van der Waals surface area contributed by atoms with Crippen LogP contribution in [0.1, 0.15) is 40.7 Å². The molecule has 3 unspecified atom stereocenters. The monoisotopic (exact) mass is 664 g/mol. The van der Waals surface area contributed by atoms with Crippen LogP contribution < -0.4 is 11.1 Å². The number of alkyl halides is 3. The van der Waals surface area contributed by atoms with Crippen LogP contribution in [0.25, 0.3) is 0 Å². The van der Waals surface area contributed by atoms with Gasteiger partial charge in [0.05, 0.1) is 17.3 Å². The molecule has 1 aliphatic rings. The number of likely N-dealkylation sites (tertiary alicyclic amines) is 1. The molecular weight excluding hydrogens is 632 g/mol. The van der Waals surface area contributed by atoms with Gasteiger partial charge in [0, 0.05) is 43.7 Å². The van der Waals surface area contributed by atoms with Crippen LogP contribution in [0, 0.1) is 17.1 Å². The van der Waals surface area contributed by atoms with Gasteiger partial charge in [0.25, 0.3) is 17.7 Å². The van der Waals surface area contributed by atoms with E-state index in [1.54, 1.807) is 37.3 Å². The Bertz CT molecular complexity index is 1770. The van der Waals surface area contributed by atoms with E-state index in [1.165, 1.54) is 24.1 Å². The lowest BCUT2D eigenvalue weighted by Gasteiger charge is -2.41. The van der Waals surface area contributed by atoms with E-state index in [-0.39, 0.29) is 29.9 Å². The highest BCUT2D eigenvalue weighted by Gasteiger charge is 2.47. The summed E-state index contributed by atoms with van der Waals surface area (Å²) in [4.78, 5) is 48.6. The van der Waals surface area contributed by atoms with Crippen molar-refractivity contribution < 1.29 is 37.1 Å². The van der Waals surface area contributed by atoms with E-state index in [2.05, 4.69) is 10.3 Å². The lowest BCUT2D eigenvalue weighted by atomic mass is 9.78. The first-order chi connectivity index (χ1) is 22.8. The van der Waals surface area contributed by atoms with Crippen LogP contribution in [-0.4, -0.2) is 70.7 Å². The van der Waals surface area contributed by atoms with Gasteiger partial charge in [-0.2, -0.15) is 18.4 Å². The zero-order valence-corrected chi connectivity index (χ0v) is 25.9. The van der Waals surface area contributed by atoms with Gasteiger partial charge in [0.2, 0.25) is 0 Å². The number of amidine groups is 1. The molecule has 0 aromatic heterocycles. The molecule has 1 saturated heterocycles. The van der Waals surface area contributed by atoms with Crippen molar-refractivity contribution >= 4 is 29.2 Å². The number of aliphatic hydroxyl groups excluding tert-OH is 1. The number of rotatable bonds is 9. The number of halogens is 4. The fourth-order valence-electron chi connectivity index (χ4n) is 5.35. The number of para-hydroxylation sites is 1. The molecule has 1 aliphatic heterocycles. The van der Waals surface area contributed by atoms with Crippen LogP contribution in [0.3, 0.4) is 0 Å². The molecule has 1 fully saturated rings. The number of likely N-dealkylation sites (N-methyl/N-ethyl adjacent to an activating group) is 2. The summed E-state index contributed by atoms with van der Waals surface area (Å²) < 4.78 is 54.6. The van der Waals surface area contributed by atoms with E-state index >= 15 is 0 Å². The minimum atomic E-state index is -4.75. The molecular formula is C34H32F4N6O4. The lowest BCUT2D eigenvalue weighted by Crippen LogP contribution is -2.59. The standard InChI is InChI=1S/C34H32F4N6O4/c1-3-44-30(41-24-10-5-4-6-11-24)27(28(40)32(47)43(2)25(19-39)16-17-45)26(20-12-14-23(35)15-13-20)29(33(44)48)42-31(46)21-8-7-9-22(18-21)34(36,37)38/h4-15,18,25-26,29,45H,3,16-17,40H2,1-2H3,(H,42,46)/b28-27-,41-30?. The van der Waals surface area contributed by atoms with E-state index in [0.717, 1.165) is 35.2 Å². The number of hydrogen-bond acceptors (Lipinski definition) is 7. The zero-order valence-electron chi connectivity index (χ0n) is 25.9. The molecule has 0 bridgehead atoms. The summed E-state index contributed by atoms with van der Waals surface area (Å²) in [6, 6.07) is 16.1. The van der Waals surface area contributed by atoms with E-state index in [0.29, 0.717) is 11.8 Å². The molecule has 3 aromatic carbocycles. The second-order valence-corrected chi connectivity index (χ2v) is 10.8. The number of nitrogens with one attached hydrogen (secondary N) is 1. The van der Waals surface area contributed by atoms with Gasteiger partial charge < -0.3 is 21.1 Å². The molecule has 3 aromatic rings. The molecule has 0 spiro atoms. The van der Waals surface area contributed by atoms with Crippen molar-refractivity contribution in [1.82, 2.24) is 15.1 Å². The normalized spacial score (nSPS) is 19.0. The average molecular weight is 665 g/mol. The Morgan fingerprint density at radius 1 is 1.10 bits per heavy atom. The van der Waals surface area contributed by atoms with Crippen LogP contribution in [0.2, 0.25) is 0 Å². The number of benzene rings is 3. The molecule has 0 radical (unpaired) electrons. The topological polar surface area (TPSA) is 152 Å². The van der Waals surface area contributed by atoms with Gasteiger partial charge in [0.1, 0.15) is 29.4 Å². The third kappa shape index (κ3) is 7.53. The Balaban J connectivity index is 1.98. The quantitative estimate of drug-likeness (QED) is 0.230. The number of aliphatic imine (C=N–C) groups is 1. The number of hydrogen-bond donors (Lipinski definition) is 3. The fourth-order valence-corrected chi connectivity index (χ4v) is 5.35. The predicted molar refractivity (Wildman–Crippen MR) is 168 cm³/mol. The molecule has 10 nitrogen and oxygen atoms in total. The summed E-state index contributed by atoms with van der Waals surface area (Å²) in [5.41, 5.74) is 5.19. The van der Waals surface area contributed by atoms with Crippen molar-refractivity contribution in [3.63, 3.8) is 0 Å². The van der Waals surface area contributed by atoms with E-state index in [4.69, 9.17) is 5.73 Å². The van der Waals surface area contributed by atoms with Crippen LogP contribution in [-0.2, 0) is 15.8 Å². The SMILES string of the molecule is CCN1C(=O)C(NC(=O)c2cccc(C(F)(F)F)c2)C(c2ccc(F)cc2)/C(=C(/N)C(=O)N(C)C(C#N)CCO)C1=Nc1ccccc1. The first-order valence-electron chi connectivity index (χ1n) is 14.8. The highest BCUT2D eigenvalue weighted by Crippen LogP contribution is 2.38. The van der Waals surface area contributed by atoms with Gasteiger partial charge in [-0.1, -0.05) is 36.4 Å². The number of nitrogens with two attached hydrogens (primary N) is 1. The van der Waals surface area contributed by atoms with Crippen molar-refractivity contribution in [3.05, 3.63) is 113 Å². The third-order valence-electron chi connectivity index (χ3n) is 7.81. The number of carbonyl (C=O) groups is 3. The summed E-state index contributed by atoms with van der Waals surface area (Å²) >= 11 is 0. The molecule has 3 atom stereocenters. The van der Waals surface area contributed by atoms with Crippen LogP contribution >= 0.6 is 0 Å². The Labute approximate surface area is 273 Å². The van der Waals surface area contributed by atoms with Crippen LogP contribution in [0.15, 0.2) is 95.1 Å². The summed E-state index contributed by atoms with van der Waals surface area (Å²) in [7, 11) is 1.30. The number of amides is 3. The summed E-state index contributed by atoms with van der Waals surface area (Å²) in [5, 5.41) is 21.6. The molecule has 4 N–H and O–H groups in total. The molecule has 250 valence electrons. The second-order valence-electron chi connectivity index (χ2n) is 10.8. The first-order valence-corrected chi connectivity index (χ1v) is 14.8. The fraction of sp³-hybridized carbons (Fsp3) is 0.265. The van der Waals surface area contributed by atoms with E-state index in [9.17, 15) is 42.3 Å². The second kappa shape index (κ2) is 14.9.